The summed E-state index contributed by atoms with van der Waals surface area (Å²) in [5.74, 6) is -0.0133. The molecule has 0 bridgehead atoms. The van der Waals surface area contributed by atoms with Crippen molar-refractivity contribution in [1.82, 2.24) is 0 Å². The van der Waals surface area contributed by atoms with Crippen LogP contribution in [0.15, 0.2) is 54.6 Å². The molecule has 1 saturated heterocycles. The van der Waals surface area contributed by atoms with Crippen LogP contribution in [0.1, 0.15) is 38.3 Å². The predicted molar refractivity (Wildman–Crippen MR) is 115 cm³/mol. The molecule has 28 heavy (non-hydrogen) atoms. The predicted octanol–water partition coefficient (Wildman–Crippen LogP) is 4.18. The molecule has 148 valence electrons. The molecule has 0 radical (unpaired) electrons. The number of rotatable bonds is 4. The third kappa shape index (κ3) is 4.81. The first-order valence-corrected chi connectivity index (χ1v) is 11.0. The van der Waals surface area contributed by atoms with Gasteiger partial charge >= 0.3 is 0 Å². The number of hydrogen-bond donors (Lipinski definition) is 1. The summed E-state index contributed by atoms with van der Waals surface area (Å²) in [6.07, 6.45) is 3.83. The third-order valence-corrected chi connectivity index (χ3v) is 6.60. The molecule has 1 heterocycles. The monoisotopic (exact) mass is 398 g/mol. The van der Waals surface area contributed by atoms with Crippen LogP contribution >= 0.6 is 0 Å². The fraction of sp³-hybridized carbons (Fsp3) is 0.318. The van der Waals surface area contributed by atoms with Crippen molar-refractivity contribution in [3.05, 3.63) is 65.7 Å². The molecule has 2 aromatic carbocycles. The molecular weight excluding hydrogens is 372 g/mol. The Morgan fingerprint density at radius 3 is 2.21 bits per heavy atom. The Balaban J connectivity index is 1.61. The lowest BCUT2D eigenvalue weighted by molar-refractivity contribution is -0.111. The van der Waals surface area contributed by atoms with Gasteiger partial charge in [-0.3, -0.25) is 9.10 Å². The average molecular weight is 399 g/mol. The van der Waals surface area contributed by atoms with E-state index in [-0.39, 0.29) is 17.1 Å². The van der Waals surface area contributed by atoms with Crippen LogP contribution in [0.4, 0.5) is 11.4 Å². The highest BCUT2D eigenvalue weighted by atomic mass is 32.2. The maximum atomic E-state index is 12.1. The average Bonchev–Trinajstić information content (AvgIpc) is 2.99. The molecule has 0 saturated carbocycles. The molecule has 1 aliphatic rings. The zero-order valence-electron chi connectivity index (χ0n) is 16.5. The molecule has 3 rings (SSSR count). The van der Waals surface area contributed by atoms with Gasteiger partial charge < -0.3 is 5.32 Å². The molecule has 6 heteroatoms. The van der Waals surface area contributed by atoms with Gasteiger partial charge in [-0.2, -0.15) is 0 Å². The lowest BCUT2D eigenvalue weighted by Crippen LogP contribution is -2.24. The van der Waals surface area contributed by atoms with Crippen molar-refractivity contribution in [1.29, 1.82) is 0 Å². The van der Waals surface area contributed by atoms with Crippen LogP contribution in [0.25, 0.3) is 6.08 Å². The Kier molecular flexibility index (Phi) is 5.61. The molecule has 0 aliphatic carbocycles. The molecule has 1 amide bonds. The standard InChI is InChI=1S/C22H26N2O3S/c1-22(2,3)18-8-10-19(11-9-18)23-21(25)14-7-17-5-12-20(13-6-17)24-15-4-16-28(24,26)27/h5-14H,4,15-16H2,1-3H3,(H,23,25)/b14-7+. The number of amides is 1. The van der Waals surface area contributed by atoms with Crippen molar-refractivity contribution in [2.75, 3.05) is 21.9 Å². The van der Waals surface area contributed by atoms with Gasteiger partial charge in [0, 0.05) is 18.3 Å². The van der Waals surface area contributed by atoms with E-state index in [4.69, 9.17) is 0 Å². The smallest absolute Gasteiger partial charge is 0.248 e. The van der Waals surface area contributed by atoms with Crippen molar-refractivity contribution in [2.45, 2.75) is 32.6 Å². The van der Waals surface area contributed by atoms with Gasteiger partial charge in [0.2, 0.25) is 15.9 Å². The third-order valence-electron chi connectivity index (χ3n) is 4.73. The quantitative estimate of drug-likeness (QED) is 0.786. The van der Waals surface area contributed by atoms with E-state index in [1.165, 1.54) is 15.9 Å². The van der Waals surface area contributed by atoms with Crippen LogP contribution in [0.3, 0.4) is 0 Å². The first-order chi connectivity index (χ1) is 13.1. The number of hydrogen-bond acceptors (Lipinski definition) is 3. The molecule has 1 fully saturated rings. The van der Waals surface area contributed by atoms with Gasteiger partial charge in [-0.1, -0.05) is 45.0 Å². The number of carbonyl (C=O) groups excluding carboxylic acids is 1. The Bertz CT molecular complexity index is 970. The number of nitrogens with zero attached hydrogens (tertiary/aromatic N) is 1. The second-order valence-electron chi connectivity index (χ2n) is 7.98. The molecule has 1 N–H and O–H groups in total. The van der Waals surface area contributed by atoms with Gasteiger partial charge in [-0.05, 0) is 53.3 Å². The molecular formula is C22H26N2O3S. The summed E-state index contributed by atoms with van der Waals surface area (Å²) in [7, 11) is -3.17. The SMILES string of the molecule is CC(C)(C)c1ccc(NC(=O)/C=C/c2ccc(N3CCCS3(=O)=O)cc2)cc1. The van der Waals surface area contributed by atoms with E-state index < -0.39 is 10.0 Å². The van der Waals surface area contributed by atoms with Crippen molar-refractivity contribution < 1.29 is 13.2 Å². The second kappa shape index (κ2) is 7.80. The summed E-state index contributed by atoms with van der Waals surface area (Å²) in [4.78, 5) is 12.1. The van der Waals surface area contributed by atoms with Gasteiger partial charge in [0.25, 0.3) is 0 Å². The van der Waals surface area contributed by atoms with Gasteiger partial charge in [0.05, 0.1) is 11.4 Å². The topological polar surface area (TPSA) is 66.5 Å². The second-order valence-corrected chi connectivity index (χ2v) is 10.00. The van der Waals surface area contributed by atoms with E-state index in [1.807, 2.05) is 36.4 Å². The molecule has 0 spiro atoms. The van der Waals surface area contributed by atoms with Crippen LogP contribution in [-0.2, 0) is 20.2 Å². The fourth-order valence-electron chi connectivity index (χ4n) is 3.09. The summed E-state index contributed by atoms with van der Waals surface area (Å²) in [5.41, 5.74) is 3.53. The molecule has 0 unspecified atom stereocenters. The van der Waals surface area contributed by atoms with E-state index in [9.17, 15) is 13.2 Å². The number of nitrogens with one attached hydrogen (secondary N) is 1. The van der Waals surface area contributed by atoms with E-state index in [0.29, 0.717) is 18.7 Å². The minimum Gasteiger partial charge on any atom is -0.323 e. The van der Waals surface area contributed by atoms with Gasteiger partial charge in [-0.15, -0.1) is 0 Å². The summed E-state index contributed by atoms with van der Waals surface area (Å²) >= 11 is 0. The summed E-state index contributed by atoms with van der Waals surface area (Å²) < 4.78 is 25.4. The molecule has 5 nitrogen and oxygen atoms in total. The van der Waals surface area contributed by atoms with E-state index in [0.717, 1.165) is 11.3 Å². The minimum atomic E-state index is -3.17. The van der Waals surface area contributed by atoms with Crippen LogP contribution in [0, 0.1) is 0 Å². The van der Waals surface area contributed by atoms with Crippen LogP contribution in [-0.4, -0.2) is 26.6 Å². The number of sulfonamides is 1. The first kappa shape index (κ1) is 20.1. The van der Waals surface area contributed by atoms with Crippen molar-refractivity contribution in [2.24, 2.45) is 0 Å². The number of carbonyl (C=O) groups is 1. The number of benzene rings is 2. The highest BCUT2D eigenvalue weighted by Gasteiger charge is 2.28. The van der Waals surface area contributed by atoms with E-state index in [2.05, 4.69) is 26.1 Å². The van der Waals surface area contributed by atoms with Gasteiger partial charge in [0.15, 0.2) is 0 Å². The zero-order valence-corrected chi connectivity index (χ0v) is 17.3. The van der Waals surface area contributed by atoms with Crippen LogP contribution in [0.2, 0.25) is 0 Å². The summed E-state index contributed by atoms with van der Waals surface area (Å²) in [6, 6.07) is 15.0. The molecule has 0 atom stereocenters. The fourth-order valence-corrected chi connectivity index (χ4v) is 4.66. The van der Waals surface area contributed by atoms with Gasteiger partial charge in [-0.25, -0.2) is 8.42 Å². The minimum absolute atomic E-state index is 0.0724. The Labute approximate surface area is 167 Å². The lowest BCUT2D eigenvalue weighted by atomic mass is 9.87. The summed E-state index contributed by atoms with van der Waals surface area (Å²) in [6.45, 7) is 6.96. The van der Waals surface area contributed by atoms with Gasteiger partial charge in [0.1, 0.15) is 0 Å². The van der Waals surface area contributed by atoms with Crippen molar-refractivity contribution >= 4 is 33.4 Å². The maximum Gasteiger partial charge on any atom is 0.248 e. The first-order valence-electron chi connectivity index (χ1n) is 9.35. The lowest BCUT2D eigenvalue weighted by Gasteiger charge is -2.19. The zero-order chi connectivity index (χ0) is 20.4. The Hall–Kier alpha value is -2.60. The molecule has 1 aliphatic heterocycles. The molecule has 0 aromatic heterocycles. The Morgan fingerprint density at radius 2 is 1.68 bits per heavy atom. The molecule has 2 aromatic rings. The normalized spacial score (nSPS) is 16.5. The van der Waals surface area contributed by atoms with Crippen LogP contribution < -0.4 is 9.62 Å². The van der Waals surface area contributed by atoms with E-state index >= 15 is 0 Å². The van der Waals surface area contributed by atoms with Crippen LogP contribution in [0.5, 0.6) is 0 Å². The number of anilines is 2. The van der Waals surface area contributed by atoms with E-state index in [1.54, 1.807) is 18.2 Å². The largest absolute Gasteiger partial charge is 0.323 e. The highest BCUT2D eigenvalue weighted by Crippen LogP contribution is 2.25. The maximum absolute atomic E-state index is 12.1. The Morgan fingerprint density at radius 1 is 1.04 bits per heavy atom. The van der Waals surface area contributed by atoms with Crippen molar-refractivity contribution in [3.63, 3.8) is 0 Å². The van der Waals surface area contributed by atoms with Crippen molar-refractivity contribution in [3.8, 4) is 0 Å². The highest BCUT2D eigenvalue weighted by molar-refractivity contribution is 7.93. The summed E-state index contributed by atoms with van der Waals surface area (Å²) in [5, 5.41) is 2.84.